The lowest BCUT2D eigenvalue weighted by atomic mass is 10.2. The van der Waals surface area contributed by atoms with Crippen molar-refractivity contribution in [2.45, 2.75) is 12.7 Å². The molecule has 0 fully saturated rings. The van der Waals surface area contributed by atoms with E-state index in [1.54, 1.807) is 0 Å². The molecule has 0 saturated carbocycles. The van der Waals surface area contributed by atoms with Crippen molar-refractivity contribution in [2.75, 3.05) is 39.6 Å². The van der Waals surface area contributed by atoms with Crippen molar-refractivity contribution in [1.82, 2.24) is 0 Å². The molecule has 1 unspecified atom stereocenters. The zero-order valence-electron chi connectivity index (χ0n) is 11.0. The van der Waals surface area contributed by atoms with E-state index in [0.717, 1.165) is 5.56 Å². The van der Waals surface area contributed by atoms with E-state index < -0.39 is 0 Å². The molecule has 0 heterocycles. The van der Waals surface area contributed by atoms with Crippen LogP contribution >= 0.6 is 0 Å². The number of rotatable bonds is 11. The molecular formula is C14H22O5. The summed E-state index contributed by atoms with van der Waals surface area (Å²) in [5.74, 6) is 0. The molecule has 2 N–H and O–H groups in total. The molecule has 19 heavy (non-hydrogen) atoms. The van der Waals surface area contributed by atoms with Crippen molar-refractivity contribution in [2.24, 2.45) is 0 Å². The molecule has 5 nitrogen and oxygen atoms in total. The Morgan fingerprint density at radius 3 is 2.26 bits per heavy atom. The highest BCUT2D eigenvalue weighted by Gasteiger charge is 2.09. The lowest BCUT2D eigenvalue weighted by Gasteiger charge is -2.17. The molecule has 0 amide bonds. The average molecular weight is 270 g/mol. The zero-order valence-corrected chi connectivity index (χ0v) is 11.0. The maximum Gasteiger partial charge on any atom is 0.104 e. The normalized spacial score (nSPS) is 12.5. The van der Waals surface area contributed by atoms with E-state index in [4.69, 9.17) is 24.4 Å². The fourth-order valence-electron chi connectivity index (χ4n) is 1.53. The first-order valence-corrected chi connectivity index (χ1v) is 6.39. The molecule has 108 valence electrons. The van der Waals surface area contributed by atoms with Gasteiger partial charge in [0.2, 0.25) is 0 Å². The van der Waals surface area contributed by atoms with Crippen molar-refractivity contribution in [3.05, 3.63) is 35.9 Å². The van der Waals surface area contributed by atoms with Gasteiger partial charge in [0, 0.05) is 0 Å². The van der Waals surface area contributed by atoms with Crippen LogP contribution in [0.5, 0.6) is 0 Å². The van der Waals surface area contributed by atoms with Gasteiger partial charge in [-0.1, -0.05) is 30.3 Å². The number of aliphatic hydroxyl groups excluding tert-OH is 2. The molecular weight excluding hydrogens is 248 g/mol. The largest absolute Gasteiger partial charge is 0.394 e. The van der Waals surface area contributed by atoms with E-state index in [0.29, 0.717) is 19.8 Å². The minimum Gasteiger partial charge on any atom is -0.394 e. The summed E-state index contributed by atoms with van der Waals surface area (Å²) in [7, 11) is 0. The predicted molar refractivity (Wildman–Crippen MR) is 70.8 cm³/mol. The number of aliphatic hydroxyl groups is 2. The van der Waals surface area contributed by atoms with E-state index in [-0.39, 0.29) is 32.5 Å². The van der Waals surface area contributed by atoms with E-state index in [1.807, 2.05) is 30.3 Å². The molecule has 1 aromatic carbocycles. The summed E-state index contributed by atoms with van der Waals surface area (Å²) in [6, 6.07) is 9.86. The van der Waals surface area contributed by atoms with Gasteiger partial charge < -0.3 is 24.4 Å². The fourth-order valence-corrected chi connectivity index (χ4v) is 1.53. The van der Waals surface area contributed by atoms with Crippen LogP contribution in [-0.4, -0.2) is 56.0 Å². The third-order valence-corrected chi connectivity index (χ3v) is 2.40. The van der Waals surface area contributed by atoms with Crippen molar-refractivity contribution in [3.63, 3.8) is 0 Å². The summed E-state index contributed by atoms with van der Waals surface area (Å²) in [5.41, 5.74) is 1.10. The standard InChI is InChI=1S/C14H22O5/c15-6-8-17-11-14(19-9-7-16)12-18-10-13-4-2-1-3-5-13/h1-5,14-16H,6-12H2. The summed E-state index contributed by atoms with van der Waals surface area (Å²) in [6.45, 7) is 1.72. The van der Waals surface area contributed by atoms with Gasteiger partial charge >= 0.3 is 0 Å². The van der Waals surface area contributed by atoms with Gasteiger partial charge in [-0.3, -0.25) is 0 Å². The molecule has 5 heteroatoms. The highest BCUT2D eigenvalue weighted by molar-refractivity contribution is 5.13. The van der Waals surface area contributed by atoms with Crippen LogP contribution in [0.15, 0.2) is 30.3 Å². The van der Waals surface area contributed by atoms with Crippen LogP contribution in [0.25, 0.3) is 0 Å². The topological polar surface area (TPSA) is 68.2 Å². The summed E-state index contributed by atoms with van der Waals surface area (Å²) < 4.78 is 16.2. The van der Waals surface area contributed by atoms with Crippen molar-refractivity contribution < 1.29 is 24.4 Å². The van der Waals surface area contributed by atoms with Gasteiger partial charge in [0.15, 0.2) is 0 Å². The second-order valence-corrected chi connectivity index (χ2v) is 4.02. The Kier molecular flexibility index (Phi) is 9.22. The first-order chi connectivity index (χ1) is 9.36. The molecule has 0 aromatic heterocycles. The molecule has 0 aliphatic carbocycles. The summed E-state index contributed by atoms with van der Waals surface area (Å²) in [6.07, 6.45) is -0.234. The highest BCUT2D eigenvalue weighted by Crippen LogP contribution is 2.02. The molecule has 0 saturated heterocycles. The van der Waals surface area contributed by atoms with Gasteiger partial charge in [-0.2, -0.15) is 0 Å². The third-order valence-electron chi connectivity index (χ3n) is 2.40. The van der Waals surface area contributed by atoms with Crippen molar-refractivity contribution >= 4 is 0 Å². The Morgan fingerprint density at radius 1 is 0.895 bits per heavy atom. The number of benzene rings is 1. The summed E-state index contributed by atoms with van der Waals surface area (Å²) in [5, 5.41) is 17.4. The molecule has 1 aromatic rings. The minimum atomic E-state index is -0.234. The predicted octanol–water partition coefficient (Wildman–Crippen LogP) is 0.590. The Bertz CT molecular complexity index is 304. The van der Waals surface area contributed by atoms with Crippen LogP contribution in [0.2, 0.25) is 0 Å². The van der Waals surface area contributed by atoms with Crippen molar-refractivity contribution in [3.8, 4) is 0 Å². The smallest absolute Gasteiger partial charge is 0.104 e. The van der Waals surface area contributed by atoms with Gasteiger partial charge in [0.25, 0.3) is 0 Å². The number of ether oxygens (including phenoxy) is 3. The number of hydrogen-bond donors (Lipinski definition) is 2. The second kappa shape index (κ2) is 10.9. The molecule has 1 rings (SSSR count). The van der Waals surface area contributed by atoms with Gasteiger partial charge in [0.05, 0.1) is 46.2 Å². The van der Waals surface area contributed by atoms with Gasteiger partial charge in [-0.25, -0.2) is 0 Å². The van der Waals surface area contributed by atoms with Crippen LogP contribution in [0.1, 0.15) is 5.56 Å². The fraction of sp³-hybridized carbons (Fsp3) is 0.571. The quantitative estimate of drug-likeness (QED) is 0.576. The second-order valence-electron chi connectivity index (χ2n) is 4.02. The van der Waals surface area contributed by atoms with Gasteiger partial charge in [0.1, 0.15) is 6.10 Å². The average Bonchev–Trinajstić information content (AvgIpc) is 2.45. The molecule has 1 atom stereocenters. The maximum atomic E-state index is 8.74. The Balaban J connectivity index is 2.22. The van der Waals surface area contributed by atoms with Crippen molar-refractivity contribution in [1.29, 1.82) is 0 Å². The summed E-state index contributed by atoms with van der Waals surface area (Å²) in [4.78, 5) is 0. The third kappa shape index (κ3) is 7.92. The van der Waals surface area contributed by atoms with Crippen LogP contribution in [0.4, 0.5) is 0 Å². The van der Waals surface area contributed by atoms with E-state index in [1.165, 1.54) is 0 Å². The van der Waals surface area contributed by atoms with Gasteiger partial charge in [-0.15, -0.1) is 0 Å². The van der Waals surface area contributed by atoms with E-state index >= 15 is 0 Å². The monoisotopic (exact) mass is 270 g/mol. The minimum absolute atomic E-state index is 0.0163. The molecule has 0 spiro atoms. The van der Waals surface area contributed by atoms with E-state index in [2.05, 4.69) is 0 Å². The van der Waals surface area contributed by atoms with E-state index in [9.17, 15) is 0 Å². The first kappa shape index (κ1) is 16.1. The first-order valence-electron chi connectivity index (χ1n) is 6.39. The molecule has 0 aliphatic heterocycles. The van der Waals surface area contributed by atoms with Crippen LogP contribution in [0, 0.1) is 0 Å². The maximum absolute atomic E-state index is 8.74. The van der Waals surface area contributed by atoms with Crippen LogP contribution in [-0.2, 0) is 20.8 Å². The van der Waals surface area contributed by atoms with Crippen LogP contribution in [0.3, 0.4) is 0 Å². The lowest BCUT2D eigenvalue weighted by Crippen LogP contribution is -2.27. The Labute approximate surface area is 113 Å². The molecule has 0 aliphatic rings. The molecule has 0 radical (unpaired) electrons. The van der Waals surface area contributed by atoms with Gasteiger partial charge in [-0.05, 0) is 5.56 Å². The zero-order chi connectivity index (χ0) is 13.8. The summed E-state index contributed by atoms with van der Waals surface area (Å²) >= 11 is 0. The SMILES string of the molecule is OCCOCC(COCc1ccccc1)OCCO. The van der Waals surface area contributed by atoms with Crippen LogP contribution < -0.4 is 0 Å². The lowest BCUT2D eigenvalue weighted by molar-refractivity contribution is -0.0732. The highest BCUT2D eigenvalue weighted by atomic mass is 16.6. The number of hydrogen-bond acceptors (Lipinski definition) is 5. The Hall–Kier alpha value is -0.980. The molecule has 0 bridgehead atoms. The Morgan fingerprint density at radius 2 is 1.58 bits per heavy atom.